The van der Waals surface area contributed by atoms with Crippen molar-refractivity contribution in [3.05, 3.63) is 120 Å². The molecule has 0 spiro atoms. The molecule has 0 bridgehead atoms. The molecule has 9 heteroatoms. The van der Waals surface area contributed by atoms with Gasteiger partial charge in [0.15, 0.2) is 0 Å². The lowest BCUT2D eigenvalue weighted by Crippen LogP contribution is -2.46. The fraction of sp³-hybridized carbons (Fsp3) is 0.242. The standard InChI is InChI=1S/C33H35N6O3/c1-24(2)32(33(40)42-23-27-9-5-4-6-10-27)34-21-25-13-17-28(18-14-25)30-11-7-8-12-31(30)39-37-35-36-38(39)22-26-15-19-29(41-3)20-16-26/h4-20,24,32,34H,21-23H2,1-3H3/q+1/t32-/m0/s1. The molecule has 1 atom stereocenters. The molecule has 0 radical (unpaired) electrons. The molecule has 1 heterocycles. The molecule has 0 amide bonds. The lowest BCUT2D eigenvalue weighted by atomic mass is 10.0. The van der Waals surface area contributed by atoms with Gasteiger partial charge in [-0.3, -0.25) is 4.79 Å². The highest BCUT2D eigenvalue weighted by molar-refractivity contribution is 5.76. The van der Waals surface area contributed by atoms with Crippen LogP contribution in [0.25, 0.3) is 16.8 Å². The van der Waals surface area contributed by atoms with E-state index in [1.54, 1.807) is 16.7 Å². The fourth-order valence-corrected chi connectivity index (χ4v) is 4.68. The second kappa shape index (κ2) is 13.6. The third-order valence-corrected chi connectivity index (χ3v) is 7.02. The van der Waals surface area contributed by atoms with Crippen molar-refractivity contribution in [1.82, 2.24) is 25.8 Å². The number of methoxy groups -OCH3 is 1. The van der Waals surface area contributed by atoms with Gasteiger partial charge in [-0.1, -0.05) is 104 Å². The molecule has 0 aliphatic heterocycles. The third kappa shape index (κ3) is 7.05. The molecule has 0 fully saturated rings. The minimum atomic E-state index is -0.407. The third-order valence-electron chi connectivity index (χ3n) is 7.02. The van der Waals surface area contributed by atoms with E-state index in [9.17, 15) is 4.79 Å². The smallest absolute Gasteiger partial charge is 0.323 e. The number of rotatable bonds is 12. The van der Waals surface area contributed by atoms with Gasteiger partial charge < -0.3 is 14.8 Å². The highest BCUT2D eigenvalue weighted by Gasteiger charge is 2.23. The molecular formula is C33H35N6O3+. The predicted molar refractivity (Wildman–Crippen MR) is 159 cm³/mol. The Morgan fingerprint density at radius 2 is 1.55 bits per heavy atom. The number of nitrogens with zero attached hydrogens (tertiary/aromatic N) is 5. The summed E-state index contributed by atoms with van der Waals surface area (Å²) in [4.78, 5) is 16.3. The van der Waals surface area contributed by atoms with E-state index < -0.39 is 6.04 Å². The van der Waals surface area contributed by atoms with E-state index in [2.05, 4.69) is 51.3 Å². The molecule has 0 aliphatic rings. The minimum Gasteiger partial charge on any atom is -0.497 e. The van der Waals surface area contributed by atoms with Crippen molar-refractivity contribution in [3.63, 3.8) is 0 Å². The topological polar surface area (TPSA) is 95.0 Å². The van der Waals surface area contributed by atoms with Crippen molar-refractivity contribution >= 4 is 5.97 Å². The van der Waals surface area contributed by atoms with E-state index in [4.69, 9.17) is 9.47 Å². The zero-order valence-electron chi connectivity index (χ0n) is 24.1. The lowest BCUT2D eigenvalue weighted by Gasteiger charge is -2.21. The van der Waals surface area contributed by atoms with E-state index >= 15 is 0 Å². The second-order valence-electron chi connectivity index (χ2n) is 10.3. The van der Waals surface area contributed by atoms with Gasteiger partial charge in [-0.15, -0.1) is 0 Å². The summed E-state index contributed by atoms with van der Waals surface area (Å²) in [7, 11) is 1.65. The Morgan fingerprint density at radius 1 is 0.857 bits per heavy atom. The first kappa shape index (κ1) is 28.6. The van der Waals surface area contributed by atoms with Crippen molar-refractivity contribution in [1.29, 1.82) is 0 Å². The van der Waals surface area contributed by atoms with Crippen LogP contribution in [0.15, 0.2) is 103 Å². The van der Waals surface area contributed by atoms with E-state index in [-0.39, 0.29) is 18.5 Å². The summed E-state index contributed by atoms with van der Waals surface area (Å²) in [6, 6.07) is 33.5. The maximum absolute atomic E-state index is 12.8. The first-order chi connectivity index (χ1) is 20.5. The van der Waals surface area contributed by atoms with Gasteiger partial charge in [-0.05, 0) is 51.2 Å². The first-order valence-corrected chi connectivity index (χ1v) is 14.0. The molecule has 5 aromatic rings. The molecule has 214 valence electrons. The molecular weight excluding hydrogens is 528 g/mol. The monoisotopic (exact) mass is 563 g/mol. The van der Waals surface area contributed by atoms with Gasteiger partial charge in [0.1, 0.15) is 35.8 Å². The quantitative estimate of drug-likeness (QED) is 0.176. The minimum absolute atomic E-state index is 0.0836. The normalized spacial score (nSPS) is 11.8. The van der Waals surface area contributed by atoms with Crippen LogP contribution in [0.5, 0.6) is 5.75 Å². The van der Waals surface area contributed by atoms with Crippen LogP contribution in [0.2, 0.25) is 0 Å². The summed E-state index contributed by atoms with van der Waals surface area (Å²) in [5.74, 6) is 0.638. The van der Waals surface area contributed by atoms with Gasteiger partial charge in [0.05, 0.1) is 7.11 Å². The number of nitrogens with one attached hydrogen (secondary N) is 1. The number of carbonyl (C=O) groups excluding carboxylic acids is 1. The summed E-state index contributed by atoms with van der Waals surface area (Å²) in [5.41, 5.74) is 5.98. The number of hydrogen-bond donors (Lipinski definition) is 1. The molecule has 9 nitrogen and oxygen atoms in total. The van der Waals surface area contributed by atoms with Gasteiger partial charge in [-0.25, -0.2) is 0 Å². The Hall–Kier alpha value is -4.89. The SMILES string of the molecule is COc1ccc(C[n+]2nnnn2-c2ccccc2-c2ccc(CN[C@H](C(=O)OCc3ccccc3)C(C)C)cc2)cc1. The maximum atomic E-state index is 12.8. The first-order valence-electron chi connectivity index (χ1n) is 14.0. The van der Waals surface area contributed by atoms with Gasteiger partial charge >= 0.3 is 5.97 Å². The molecule has 0 saturated carbocycles. The van der Waals surface area contributed by atoms with Crippen LogP contribution in [0.3, 0.4) is 0 Å². The van der Waals surface area contributed by atoms with Crippen LogP contribution in [0, 0.1) is 5.92 Å². The molecule has 4 aromatic carbocycles. The molecule has 42 heavy (non-hydrogen) atoms. The summed E-state index contributed by atoms with van der Waals surface area (Å²) in [6.07, 6.45) is 0. The number of ether oxygens (including phenoxy) is 2. The number of esters is 1. The van der Waals surface area contributed by atoms with E-state index in [0.717, 1.165) is 39.3 Å². The molecule has 1 N–H and O–H groups in total. The van der Waals surface area contributed by atoms with Crippen molar-refractivity contribution in [2.24, 2.45) is 5.92 Å². The molecule has 0 unspecified atom stereocenters. The Balaban J connectivity index is 1.27. The number of para-hydroxylation sites is 1. The van der Waals surface area contributed by atoms with Gasteiger partial charge in [0, 0.05) is 12.1 Å². The van der Waals surface area contributed by atoms with E-state index in [0.29, 0.717) is 13.1 Å². The van der Waals surface area contributed by atoms with Crippen LogP contribution in [0.4, 0.5) is 0 Å². The van der Waals surface area contributed by atoms with Crippen molar-refractivity contribution in [2.45, 2.75) is 39.6 Å². The van der Waals surface area contributed by atoms with Crippen molar-refractivity contribution in [3.8, 4) is 22.6 Å². The number of aromatic nitrogens is 5. The maximum Gasteiger partial charge on any atom is 0.323 e. The van der Waals surface area contributed by atoms with E-state index in [1.165, 1.54) is 0 Å². The Kier molecular flexibility index (Phi) is 9.30. The summed E-state index contributed by atoms with van der Waals surface area (Å²) < 4.78 is 10.9. The zero-order valence-corrected chi connectivity index (χ0v) is 24.1. The van der Waals surface area contributed by atoms with Crippen LogP contribution < -0.4 is 14.9 Å². The Labute approximate surface area is 245 Å². The van der Waals surface area contributed by atoms with Crippen LogP contribution in [-0.2, 0) is 29.2 Å². The van der Waals surface area contributed by atoms with Crippen molar-refractivity contribution in [2.75, 3.05) is 7.11 Å². The molecule has 0 saturated heterocycles. The molecule has 1 aromatic heterocycles. The number of carbonyl (C=O) groups is 1. The number of benzene rings is 4. The molecule has 0 aliphatic carbocycles. The average molecular weight is 564 g/mol. The zero-order chi connectivity index (χ0) is 29.3. The van der Waals surface area contributed by atoms with Gasteiger partial charge in [0.2, 0.25) is 10.4 Å². The van der Waals surface area contributed by atoms with Gasteiger partial charge in [-0.2, -0.15) is 0 Å². The van der Waals surface area contributed by atoms with Gasteiger partial charge in [0.25, 0.3) is 0 Å². The lowest BCUT2D eigenvalue weighted by molar-refractivity contribution is -0.816. The highest BCUT2D eigenvalue weighted by Crippen LogP contribution is 2.26. The highest BCUT2D eigenvalue weighted by atomic mass is 16.5. The van der Waals surface area contributed by atoms with Crippen LogP contribution in [0.1, 0.15) is 30.5 Å². The summed E-state index contributed by atoms with van der Waals surface area (Å²) >= 11 is 0. The Morgan fingerprint density at radius 3 is 2.26 bits per heavy atom. The predicted octanol–water partition coefficient (Wildman–Crippen LogP) is 4.53. The van der Waals surface area contributed by atoms with Crippen LogP contribution in [-0.4, -0.2) is 39.6 Å². The van der Waals surface area contributed by atoms with Crippen LogP contribution >= 0.6 is 0 Å². The van der Waals surface area contributed by atoms with E-state index in [1.807, 2.05) is 86.6 Å². The summed E-state index contributed by atoms with van der Waals surface area (Å²) in [5, 5.41) is 15.8. The Bertz CT molecular complexity index is 1580. The summed E-state index contributed by atoms with van der Waals surface area (Å²) in [6.45, 7) is 5.34. The largest absolute Gasteiger partial charge is 0.497 e. The molecule has 5 rings (SSSR count). The average Bonchev–Trinajstić information content (AvgIpc) is 3.49. The fourth-order valence-electron chi connectivity index (χ4n) is 4.68. The van der Waals surface area contributed by atoms with Crippen molar-refractivity contribution < 1.29 is 19.1 Å². The number of hydrogen-bond acceptors (Lipinski definition) is 7. The second-order valence-corrected chi connectivity index (χ2v) is 10.3.